The third kappa shape index (κ3) is 4.18. The fourth-order valence-corrected chi connectivity index (χ4v) is 4.33. The first-order valence-electron chi connectivity index (χ1n) is 6.88. The molecule has 2 rings (SSSR count). The highest BCUT2D eigenvalue weighted by Crippen LogP contribution is 2.29. The summed E-state index contributed by atoms with van der Waals surface area (Å²) in [5.41, 5.74) is 5.76. The van der Waals surface area contributed by atoms with Gasteiger partial charge >= 0.3 is 0 Å². The fraction of sp³-hybridized carbons (Fsp3) is 0.500. The summed E-state index contributed by atoms with van der Waals surface area (Å²) in [6.07, 6.45) is 3.43. The third-order valence-corrected chi connectivity index (χ3v) is 5.89. The van der Waals surface area contributed by atoms with Crippen LogP contribution in [0.15, 0.2) is 29.2 Å². The molecular weight excluding hydrogens is 312 g/mol. The number of rotatable bonds is 5. The minimum atomic E-state index is -3.25. The van der Waals surface area contributed by atoms with E-state index in [2.05, 4.69) is 5.32 Å². The first kappa shape index (κ1) is 17.9. The number of hydrogen-bond acceptors (Lipinski definition) is 4. The molecule has 1 aliphatic rings. The van der Waals surface area contributed by atoms with Crippen molar-refractivity contribution in [2.45, 2.75) is 35.8 Å². The lowest BCUT2D eigenvalue weighted by atomic mass is 10.2. The van der Waals surface area contributed by atoms with Crippen LogP contribution in [-0.2, 0) is 9.84 Å². The molecule has 7 heteroatoms. The van der Waals surface area contributed by atoms with Gasteiger partial charge in [0, 0.05) is 18.7 Å². The molecule has 1 amide bonds. The molecule has 0 aromatic heterocycles. The molecule has 0 bridgehead atoms. The summed E-state index contributed by atoms with van der Waals surface area (Å²) in [6.45, 7) is 0.779. The lowest BCUT2D eigenvalue weighted by molar-refractivity contribution is 0.0954. The average Bonchev–Trinajstić information content (AvgIpc) is 3.00. The van der Waals surface area contributed by atoms with Crippen LogP contribution in [0.5, 0.6) is 0 Å². The minimum Gasteiger partial charge on any atom is -0.351 e. The van der Waals surface area contributed by atoms with Crippen molar-refractivity contribution in [1.82, 2.24) is 5.32 Å². The molecule has 0 atom stereocenters. The van der Waals surface area contributed by atoms with Gasteiger partial charge in [0.05, 0.1) is 10.1 Å². The number of nitrogens with one attached hydrogen (secondary N) is 1. The Morgan fingerprint density at radius 1 is 1.19 bits per heavy atom. The molecule has 0 spiro atoms. The summed E-state index contributed by atoms with van der Waals surface area (Å²) >= 11 is 0. The molecular formula is C14H21ClN2O3S. The van der Waals surface area contributed by atoms with Gasteiger partial charge in [-0.05, 0) is 37.1 Å². The van der Waals surface area contributed by atoms with Crippen LogP contribution in [0.25, 0.3) is 0 Å². The second-order valence-electron chi connectivity index (χ2n) is 5.02. The Hall–Kier alpha value is -1.11. The Kier molecular flexibility index (Phi) is 6.64. The Balaban J connectivity index is 0.00000220. The van der Waals surface area contributed by atoms with Crippen molar-refractivity contribution < 1.29 is 13.2 Å². The molecule has 1 aliphatic carbocycles. The van der Waals surface area contributed by atoms with Crippen LogP contribution < -0.4 is 11.1 Å². The first-order valence-corrected chi connectivity index (χ1v) is 8.42. The van der Waals surface area contributed by atoms with Gasteiger partial charge in [-0.25, -0.2) is 8.42 Å². The average molecular weight is 333 g/mol. The van der Waals surface area contributed by atoms with Gasteiger partial charge in [0.2, 0.25) is 0 Å². The topological polar surface area (TPSA) is 89.3 Å². The number of benzene rings is 1. The lowest BCUT2D eigenvalue weighted by Gasteiger charge is -2.11. The van der Waals surface area contributed by atoms with Gasteiger partial charge in [0.1, 0.15) is 0 Å². The second-order valence-corrected chi connectivity index (χ2v) is 7.25. The molecule has 0 heterocycles. The number of nitrogens with two attached hydrogens (primary N) is 1. The zero-order valence-electron chi connectivity index (χ0n) is 11.7. The molecule has 118 valence electrons. The van der Waals surface area contributed by atoms with E-state index in [1.165, 1.54) is 12.1 Å². The summed E-state index contributed by atoms with van der Waals surface area (Å²) in [7, 11) is -3.25. The van der Waals surface area contributed by atoms with E-state index in [1.54, 1.807) is 12.1 Å². The highest BCUT2D eigenvalue weighted by molar-refractivity contribution is 7.92. The molecule has 1 aromatic rings. The summed E-state index contributed by atoms with van der Waals surface area (Å²) < 4.78 is 24.7. The van der Waals surface area contributed by atoms with Crippen LogP contribution >= 0.6 is 12.4 Å². The Labute approximate surface area is 131 Å². The molecule has 5 nitrogen and oxygen atoms in total. The van der Waals surface area contributed by atoms with Crippen molar-refractivity contribution >= 4 is 28.2 Å². The second kappa shape index (κ2) is 7.77. The van der Waals surface area contributed by atoms with E-state index >= 15 is 0 Å². The van der Waals surface area contributed by atoms with Gasteiger partial charge < -0.3 is 11.1 Å². The smallest absolute Gasteiger partial charge is 0.251 e. The normalized spacial score (nSPS) is 15.5. The molecule has 0 aliphatic heterocycles. The number of carbonyl (C=O) groups is 1. The van der Waals surface area contributed by atoms with E-state index in [4.69, 9.17) is 5.73 Å². The van der Waals surface area contributed by atoms with Gasteiger partial charge in [-0.2, -0.15) is 0 Å². The monoisotopic (exact) mass is 332 g/mol. The van der Waals surface area contributed by atoms with Gasteiger partial charge in [-0.1, -0.05) is 12.8 Å². The van der Waals surface area contributed by atoms with Gasteiger partial charge in [0.15, 0.2) is 9.84 Å². The summed E-state index contributed by atoms with van der Waals surface area (Å²) in [5, 5.41) is 2.38. The maximum Gasteiger partial charge on any atom is 0.251 e. The largest absolute Gasteiger partial charge is 0.351 e. The molecule has 1 aromatic carbocycles. The number of carbonyl (C=O) groups excluding carboxylic acids is 1. The number of amides is 1. The molecule has 1 saturated carbocycles. The summed E-state index contributed by atoms with van der Waals surface area (Å²) in [4.78, 5) is 12.0. The molecule has 3 N–H and O–H groups in total. The minimum absolute atomic E-state index is 0. The number of hydrogen-bond donors (Lipinski definition) is 2. The van der Waals surface area contributed by atoms with Gasteiger partial charge in [0.25, 0.3) is 5.91 Å². The zero-order chi connectivity index (χ0) is 14.6. The quantitative estimate of drug-likeness (QED) is 0.855. The molecule has 1 fully saturated rings. The van der Waals surface area contributed by atoms with Crippen molar-refractivity contribution in [1.29, 1.82) is 0 Å². The molecule has 21 heavy (non-hydrogen) atoms. The van der Waals surface area contributed by atoms with E-state index in [0.717, 1.165) is 25.7 Å². The number of halogens is 1. The zero-order valence-corrected chi connectivity index (χ0v) is 13.4. The Morgan fingerprint density at radius 3 is 2.29 bits per heavy atom. The van der Waals surface area contributed by atoms with Crippen LogP contribution in [0.1, 0.15) is 36.0 Å². The number of sulfone groups is 1. The van der Waals surface area contributed by atoms with Gasteiger partial charge in [-0.15, -0.1) is 12.4 Å². The first-order chi connectivity index (χ1) is 9.55. The molecule has 0 radical (unpaired) electrons. The van der Waals surface area contributed by atoms with E-state index < -0.39 is 9.84 Å². The Morgan fingerprint density at radius 2 is 1.76 bits per heavy atom. The van der Waals surface area contributed by atoms with E-state index in [0.29, 0.717) is 23.5 Å². The van der Waals surface area contributed by atoms with Crippen LogP contribution in [-0.4, -0.2) is 32.7 Å². The molecule has 0 unspecified atom stereocenters. The fourth-order valence-electron chi connectivity index (χ4n) is 2.47. The highest BCUT2D eigenvalue weighted by Gasteiger charge is 2.30. The van der Waals surface area contributed by atoms with Crippen LogP contribution in [0, 0.1) is 0 Å². The molecule has 0 saturated heterocycles. The SMILES string of the molecule is Cl.NCCNC(=O)c1ccc(S(=O)(=O)C2CCCC2)cc1. The summed E-state index contributed by atoms with van der Waals surface area (Å²) in [5.74, 6) is -0.236. The van der Waals surface area contributed by atoms with E-state index in [-0.39, 0.29) is 23.6 Å². The third-order valence-electron chi connectivity index (χ3n) is 3.62. The Bertz CT molecular complexity index is 566. The van der Waals surface area contributed by atoms with Gasteiger partial charge in [-0.3, -0.25) is 4.79 Å². The van der Waals surface area contributed by atoms with E-state index in [9.17, 15) is 13.2 Å². The van der Waals surface area contributed by atoms with Crippen molar-refractivity contribution in [2.24, 2.45) is 5.73 Å². The maximum absolute atomic E-state index is 12.4. The van der Waals surface area contributed by atoms with Crippen LogP contribution in [0.4, 0.5) is 0 Å². The van der Waals surface area contributed by atoms with Crippen LogP contribution in [0.2, 0.25) is 0 Å². The maximum atomic E-state index is 12.4. The van der Waals surface area contributed by atoms with Crippen LogP contribution in [0.3, 0.4) is 0 Å². The summed E-state index contributed by atoms with van der Waals surface area (Å²) in [6, 6.07) is 6.14. The predicted octanol–water partition coefficient (Wildman–Crippen LogP) is 1.51. The van der Waals surface area contributed by atoms with E-state index in [1.807, 2.05) is 0 Å². The van der Waals surface area contributed by atoms with Crippen molar-refractivity contribution in [3.63, 3.8) is 0 Å². The lowest BCUT2D eigenvalue weighted by Crippen LogP contribution is -2.29. The van der Waals surface area contributed by atoms with Crippen molar-refractivity contribution in [2.75, 3.05) is 13.1 Å². The standard InChI is InChI=1S/C14H20N2O3S.ClH/c15-9-10-16-14(17)11-5-7-13(8-6-11)20(18,19)12-3-1-2-4-12;/h5-8,12H,1-4,9-10,15H2,(H,16,17);1H. The van der Waals surface area contributed by atoms with Crippen molar-refractivity contribution in [3.05, 3.63) is 29.8 Å². The predicted molar refractivity (Wildman–Crippen MR) is 84.5 cm³/mol. The van der Waals surface area contributed by atoms with Crippen molar-refractivity contribution in [3.8, 4) is 0 Å². The highest BCUT2D eigenvalue weighted by atomic mass is 35.5.